The molecule has 0 atom stereocenters. The quantitative estimate of drug-likeness (QED) is 0.758. The van der Waals surface area contributed by atoms with Crippen molar-refractivity contribution in [3.63, 3.8) is 0 Å². The van der Waals surface area contributed by atoms with Gasteiger partial charge in [-0.15, -0.1) is 11.3 Å². The number of ether oxygens (including phenoxy) is 1. The van der Waals surface area contributed by atoms with Crippen molar-refractivity contribution in [2.24, 2.45) is 5.73 Å². The number of primary amides is 1. The first-order valence-electron chi connectivity index (χ1n) is 8.08. The number of hydrogen-bond acceptors (Lipinski definition) is 5. The van der Waals surface area contributed by atoms with Crippen molar-refractivity contribution in [2.45, 2.75) is 6.54 Å². The highest BCUT2D eigenvalue weighted by molar-refractivity contribution is 7.17. The van der Waals surface area contributed by atoms with Gasteiger partial charge in [0, 0.05) is 34.3 Å². The van der Waals surface area contributed by atoms with E-state index in [0.29, 0.717) is 25.4 Å². The molecule has 128 valence electrons. The van der Waals surface area contributed by atoms with E-state index in [1.807, 2.05) is 23.1 Å². The Morgan fingerprint density at radius 2 is 2.16 bits per heavy atom. The normalized spacial score (nSPS) is 14.7. The number of rotatable bonds is 3. The van der Waals surface area contributed by atoms with Crippen LogP contribution in [0.5, 0.6) is 11.5 Å². The molecule has 0 unspecified atom stereocenters. The van der Waals surface area contributed by atoms with Crippen LogP contribution >= 0.6 is 11.3 Å². The second-order valence-corrected chi connectivity index (χ2v) is 7.07. The number of benzene rings is 2. The largest absolute Gasteiger partial charge is 0.504 e. The summed E-state index contributed by atoms with van der Waals surface area (Å²) in [5, 5.41) is 13.7. The zero-order chi connectivity index (χ0) is 17.4. The molecule has 4 rings (SSSR count). The molecule has 1 aliphatic rings. The first-order chi connectivity index (χ1) is 12.1. The van der Waals surface area contributed by atoms with Gasteiger partial charge in [0.1, 0.15) is 6.61 Å². The predicted molar refractivity (Wildman–Crippen MR) is 98.9 cm³/mol. The Kier molecular flexibility index (Phi) is 4.07. The molecule has 0 fully saturated rings. The van der Waals surface area contributed by atoms with Gasteiger partial charge in [-0.3, -0.25) is 9.69 Å². The minimum Gasteiger partial charge on any atom is -0.504 e. The highest BCUT2D eigenvalue weighted by atomic mass is 32.1. The maximum atomic E-state index is 11.3. The standard InChI is InChI=1S/C19H18N2O3S/c20-18(23)10-21-5-6-24-19-13(9-21)7-12(8-16(19)22)15-11-25-17-4-2-1-3-14(15)17/h1-4,7-8,11,22H,5-6,9-10H2,(H2,20,23). The summed E-state index contributed by atoms with van der Waals surface area (Å²) in [6, 6.07) is 12.0. The van der Waals surface area contributed by atoms with E-state index in [-0.39, 0.29) is 18.2 Å². The highest BCUT2D eigenvalue weighted by Crippen LogP contribution is 2.41. The van der Waals surface area contributed by atoms with E-state index in [1.165, 1.54) is 4.70 Å². The summed E-state index contributed by atoms with van der Waals surface area (Å²) in [5.41, 5.74) is 8.22. The van der Waals surface area contributed by atoms with Gasteiger partial charge in [0.05, 0.1) is 6.54 Å². The van der Waals surface area contributed by atoms with Gasteiger partial charge >= 0.3 is 0 Å². The van der Waals surface area contributed by atoms with Crippen molar-refractivity contribution in [2.75, 3.05) is 19.7 Å². The first-order valence-corrected chi connectivity index (χ1v) is 8.96. The number of phenols is 1. The van der Waals surface area contributed by atoms with Gasteiger partial charge in [-0.25, -0.2) is 0 Å². The number of aromatic hydroxyl groups is 1. The molecule has 1 aromatic heterocycles. The summed E-state index contributed by atoms with van der Waals surface area (Å²) in [5.74, 6) is 0.256. The second kappa shape index (κ2) is 6.38. The maximum Gasteiger partial charge on any atom is 0.231 e. The molecule has 1 amide bonds. The lowest BCUT2D eigenvalue weighted by molar-refractivity contribution is -0.119. The summed E-state index contributed by atoms with van der Waals surface area (Å²) < 4.78 is 6.92. The van der Waals surface area contributed by atoms with E-state index in [4.69, 9.17) is 10.5 Å². The van der Waals surface area contributed by atoms with Crippen molar-refractivity contribution in [3.8, 4) is 22.6 Å². The zero-order valence-electron chi connectivity index (χ0n) is 13.6. The van der Waals surface area contributed by atoms with Crippen molar-refractivity contribution in [3.05, 3.63) is 47.3 Å². The molecule has 2 heterocycles. The highest BCUT2D eigenvalue weighted by Gasteiger charge is 2.21. The van der Waals surface area contributed by atoms with Crippen LogP contribution in [0.2, 0.25) is 0 Å². The number of phenolic OH excluding ortho intramolecular Hbond substituents is 1. The van der Waals surface area contributed by atoms with Gasteiger partial charge in [0.2, 0.25) is 5.91 Å². The number of fused-ring (bicyclic) bond motifs is 2. The van der Waals surface area contributed by atoms with Gasteiger partial charge in [-0.1, -0.05) is 18.2 Å². The van der Waals surface area contributed by atoms with Crippen molar-refractivity contribution in [1.29, 1.82) is 0 Å². The van der Waals surface area contributed by atoms with Crippen molar-refractivity contribution < 1.29 is 14.6 Å². The van der Waals surface area contributed by atoms with Crippen LogP contribution in [-0.2, 0) is 11.3 Å². The van der Waals surface area contributed by atoms with E-state index in [2.05, 4.69) is 17.5 Å². The molecule has 0 bridgehead atoms. The third kappa shape index (κ3) is 3.06. The van der Waals surface area contributed by atoms with Crippen LogP contribution in [0.25, 0.3) is 21.2 Å². The molecule has 6 heteroatoms. The van der Waals surface area contributed by atoms with Crippen LogP contribution in [0.1, 0.15) is 5.56 Å². The molecule has 3 aromatic rings. The van der Waals surface area contributed by atoms with E-state index in [1.54, 1.807) is 17.4 Å². The Bertz CT molecular complexity index is 951. The topological polar surface area (TPSA) is 75.8 Å². The summed E-state index contributed by atoms with van der Waals surface area (Å²) in [7, 11) is 0. The van der Waals surface area contributed by atoms with Crippen LogP contribution in [0.4, 0.5) is 0 Å². The lowest BCUT2D eigenvalue weighted by Gasteiger charge is -2.17. The minimum atomic E-state index is -0.368. The van der Waals surface area contributed by atoms with Crippen molar-refractivity contribution in [1.82, 2.24) is 4.90 Å². The van der Waals surface area contributed by atoms with Crippen LogP contribution in [0, 0.1) is 0 Å². The molecule has 0 spiro atoms. The predicted octanol–water partition coefficient (Wildman–Crippen LogP) is 2.95. The molecular weight excluding hydrogens is 336 g/mol. The number of carbonyl (C=O) groups excluding carboxylic acids is 1. The number of hydrogen-bond donors (Lipinski definition) is 2. The number of thiophene rings is 1. The molecule has 5 nitrogen and oxygen atoms in total. The average molecular weight is 354 g/mol. The Morgan fingerprint density at radius 3 is 3.00 bits per heavy atom. The Balaban J connectivity index is 1.78. The third-order valence-electron chi connectivity index (χ3n) is 4.37. The lowest BCUT2D eigenvalue weighted by Crippen LogP contribution is -2.34. The second-order valence-electron chi connectivity index (χ2n) is 6.15. The fourth-order valence-electron chi connectivity index (χ4n) is 3.27. The molecule has 0 saturated carbocycles. The number of nitrogens with two attached hydrogens (primary N) is 1. The smallest absolute Gasteiger partial charge is 0.231 e. The monoisotopic (exact) mass is 354 g/mol. The summed E-state index contributed by atoms with van der Waals surface area (Å²) in [4.78, 5) is 13.2. The summed E-state index contributed by atoms with van der Waals surface area (Å²) in [6.07, 6.45) is 0. The van der Waals surface area contributed by atoms with E-state index < -0.39 is 0 Å². The number of amides is 1. The van der Waals surface area contributed by atoms with Crippen LogP contribution in [-0.4, -0.2) is 35.6 Å². The summed E-state index contributed by atoms with van der Waals surface area (Å²) >= 11 is 1.68. The molecule has 2 aromatic carbocycles. The fourth-order valence-corrected chi connectivity index (χ4v) is 4.24. The lowest BCUT2D eigenvalue weighted by atomic mass is 10.0. The third-order valence-corrected chi connectivity index (χ3v) is 5.33. The van der Waals surface area contributed by atoms with Crippen LogP contribution in [0.3, 0.4) is 0 Å². The van der Waals surface area contributed by atoms with Crippen molar-refractivity contribution >= 4 is 27.3 Å². The number of nitrogens with zero attached hydrogens (tertiary/aromatic N) is 1. The average Bonchev–Trinajstić information content (AvgIpc) is 2.90. The molecule has 0 radical (unpaired) electrons. The molecule has 1 aliphatic heterocycles. The molecule has 3 N–H and O–H groups in total. The van der Waals surface area contributed by atoms with Gasteiger partial charge in [-0.05, 0) is 29.1 Å². The molecule has 0 saturated heterocycles. The van der Waals surface area contributed by atoms with E-state index in [9.17, 15) is 9.90 Å². The Labute approximate surface area is 149 Å². The fraction of sp³-hybridized carbons (Fsp3) is 0.211. The molecule has 25 heavy (non-hydrogen) atoms. The van der Waals surface area contributed by atoms with E-state index >= 15 is 0 Å². The minimum absolute atomic E-state index is 0.128. The van der Waals surface area contributed by atoms with E-state index in [0.717, 1.165) is 22.1 Å². The Morgan fingerprint density at radius 1 is 1.32 bits per heavy atom. The van der Waals surface area contributed by atoms with Gasteiger partial charge in [0.25, 0.3) is 0 Å². The SMILES string of the molecule is NC(=O)CN1CCOc2c(O)cc(-c3csc4ccccc34)cc2C1. The van der Waals surface area contributed by atoms with Gasteiger partial charge in [-0.2, -0.15) is 0 Å². The van der Waals surface area contributed by atoms with Gasteiger partial charge in [0.15, 0.2) is 11.5 Å². The Hall–Kier alpha value is -2.57. The van der Waals surface area contributed by atoms with Crippen LogP contribution in [0.15, 0.2) is 41.8 Å². The first kappa shape index (κ1) is 15.9. The van der Waals surface area contributed by atoms with Gasteiger partial charge < -0.3 is 15.6 Å². The summed E-state index contributed by atoms with van der Waals surface area (Å²) in [6.45, 7) is 1.69. The van der Waals surface area contributed by atoms with Crippen LogP contribution < -0.4 is 10.5 Å². The molecular formula is C19H18N2O3S. The maximum absolute atomic E-state index is 11.3. The molecule has 0 aliphatic carbocycles. The zero-order valence-corrected chi connectivity index (χ0v) is 14.4. The number of carbonyl (C=O) groups is 1.